The summed E-state index contributed by atoms with van der Waals surface area (Å²) >= 11 is 0. The van der Waals surface area contributed by atoms with Crippen molar-refractivity contribution in [3.63, 3.8) is 0 Å². The molecule has 1 atom stereocenters. The lowest BCUT2D eigenvalue weighted by atomic mass is 10.1. The molecule has 0 saturated carbocycles. The summed E-state index contributed by atoms with van der Waals surface area (Å²) in [6, 6.07) is 0. The molecule has 0 radical (unpaired) electrons. The summed E-state index contributed by atoms with van der Waals surface area (Å²) in [6.45, 7) is 7.07. The van der Waals surface area contributed by atoms with Gasteiger partial charge in [-0.3, -0.25) is 0 Å². The van der Waals surface area contributed by atoms with Crippen LogP contribution in [0.1, 0.15) is 13.8 Å². The Morgan fingerprint density at radius 2 is 2.25 bits per heavy atom. The third-order valence-corrected chi connectivity index (χ3v) is 1.39. The van der Waals surface area contributed by atoms with E-state index in [0.29, 0.717) is 0 Å². The number of allylic oxidation sites excluding steroid dienone is 4. The van der Waals surface area contributed by atoms with Gasteiger partial charge in [-0.25, -0.2) is 0 Å². The average Bonchev–Trinajstić information content (AvgIpc) is 2.04. The van der Waals surface area contributed by atoms with E-state index < -0.39 is 5.60 Å². The van der Waals surface area contributed by atoms with Crippen LogP contribution in [0.3, 0.4) is 0 Å². The molecule has 12 heavy (non-hydrogen) atoms. The zero-order chi connectivity index (χ0) is 9.61. The molecule has 0 aliphatic rings. The van der Waals surface area contributed by atoms with Crippen LogP contribution in [0, 0.1) is 12.3 Å². The maximum Gasteiger partial charge on any atom is 0.141 e. The van der Waals surface area contributed by atoms with Gasteiger partial charge in [0.1, 0.15) is 5.60 Å². The molecule has 0 aliphatic heterocycles. The second-order valence-electron chi connectivity index (χ2n) is 2.77. The maximum atomic E-state index is 9.33. The van der Waals surface area contributed by atoms with Gasteiger partial charge >= 0.3 is 0 Å². The SMILES string of the molecule is C#CC(C)(O)C=CC=C(C)C=C. The Morgan fingerprint density at radius 1 is 1.67 bits per heavy atom. The fourth-order valence-corrected chi connectivity index (χ4v) is 0.503. The first-order chi connectivity index (χ1) is 5.52. The third-order valence-electron chi connectivity index (χ3n) is 1.39. The summed E-state index contributed by atoms with van der Waals surface area (Å²) < 4.78 is 0. The Bertz CT molecular complexity index is 249. The Balaban J connectivity index is 4.29. The van der Waals surface area contributed by atoms with Gasteiger partial charge in [0.05, 0.1) is 0 Å². The molecule has 0 saturated heterocycles. The molecular formula is C11H14O. The topological polar surface area (TPSA) is 20.2 Å². The highest BCUT2D eigenvalue weighted by Crippen LogP contribution is 2.03. The standard InChI is InChI=1S/C11H14O/c1-5-10(3)8-7-9-11(4,12)6-2/h2,5,7-9,12H,1H2,3-4H3. The minimum absolute atomic E-state index is 1.03. The van der Waals surface area contributed by atoms with E-state index in [1.165, 1.54) is 0 Å². The number of hydrogen-bond acceptors (Lipinski definition) is 1. The second kappa shape index (κ2) is 4.58. The average molecular weight is 162 g/mol. The zero-order valence-corrected chi connectivity index (χ0v) is 7.54. The first kappa shape index (κ1) is 10.7. The Hall–Kier alpha value is -1.26. The van der Waals surface area contributed by atoms with Crippen molar-refractivity contribution in [3.05, 3.63) is 36.5 Å². The van der Waals surface area contributed by atoms with Crippen LogP contribution in [0.5, 0.6) is 0 Å². The molecule has 1 heteroatoms. The van der Waals surface area contributed by atoms with E-state index in [1.807, 2.05) is 13.0 Å². The van der Waals surface area contributed by atoms with Gasteiger partial charge in [0, 0.05) is 0 Å². The molecule has 0 fully saturated rings. The van der Waals surface area contributed by atoms with Crippen LogP contribution >= 0.6 is 0 Å². The van der Waals surface area contributed by atoms with Crippen molar-refractivity contribution < 1.29 is 5.11 Å². The van der Waals surface area contributed by atoms with E-state index >= 15 is 0 Å². The molecule has 1 unspecified atom stereocenters. The molecule has 1 N–H and O–H groups in total. The van der Waals surface area contributed by atoms with Crippen LogP contribution in [0.2, 0.25) is 0 Å². The van der Waals surface area contributed by atoms with Crippen LogP contribution in [-0.4, -0.2) is 10.7 Å². The predicted octanol–water partition coefficient (Wildman–Crippen LogP) is 2.06. The third kappa shape index (κ3) is 4.54. The summed E-state index contributed by atoms with van der Waals surface area (Å²) in [4.78, 5) is 0. The highest BCUT2D eigenvalue weighted by atomic mass is 16.3. The smallest absolute Gasteiger partial charge is 0.141 e. The molecule has 0 aliphatic carbocycles. The minimum Gasteiger partial charge on any atom is -0.374 e. The second-order valence-corrected chi connectivity index (χ2v) is 2.77. The largest absolute Gasteiger partial charge is 0.374 e. The fourth-order valence-electron chi connectivity index (χ4n) is 0.503. The van der Waals surface area contributed by atoms with Crippen LogP contribution in [0.15, 0.2) is 36.5 Å². The lowest BCUT2D eigenvalue weighted by Crippen LogP contribution is -2.16. The Labute approximate surface area is 74.1 Å². The minimum atomic E-state index is -1.15. The zero-order valence-electron chi connectivity index (χ0n) is 7.54. The first-order valence-electron chi connectivity index (χ1n) is 3.70. The molecule has 64 valence electrons. The molecule has 0 spiro atoms. The molecule has 1 nitrogen and oxygen atoms in total. The summed E-state index contributed by atoms with van der Waals surface area (Å²) in [5.41, 5.74) is -0.128. The molecule has 0 aromatic rings. The highest BCUT2D eigenvalue weighted by molar-refractivity contribution is 5.24. The normalized spacial score (nSPS) is 17.0. The van der Waals surface area contributed by atoms with Crippen molar-refractivity contribution >= 4 is 0 Å². The molecular weight excluding hydrogens is 148 g/mol. The van der Waals surface area contributed by atoms with Crippen LogP contribution in [0.25, 0.3) is 0 Å². The van der Waals surface area contributed by atoms with E-state index in [-0.39, 0.29) is 0 Å². The van der Waals surface area contributed by atoms with Crippen molar-refractivity contribution in [3.8, 4) is 12.3 Å². The Kier molecular flexibility index (Phi) is 4.10. The summed E-state index contributed by atoms with van der Waals surface area (Å²) in [5, 5.41) is 9.33. The quantitative estimate of drug-likeness (QED) is 0.497. The summed E-state index contributed by atoms with van der Waals surface area (Å²) in [6.07, 6.45) is 11.9. The van der Waals surface area contributed by atoms with Crippen molar-refractivity contribution in [1.82, 2.24) is 0 Å². The highest BCUT2D eigenvalue weighted by Gasteiger charge is 2.08. The van der Waals surface area contributed by atoms with E-state index in [9.17, 15) is 5.11 Å². The number of rotatable bonds is 3. The molecule has 0 rings (SSSR count). The molecule has 0 heterocycles. The number of aliphatic hydroxyl groups is 1. The number of terminal acetylenes is 1. The lowest BCUT2D eigenvalue weighted by molar-refractivity contribution is 0.174. The van der Waals surface area contributed by atoms with E-state index in [1.54, 1.807) is 25.2 Å². The van der Waals surface area contributed by atoms with Gasteiger partial charge < -0.3 is 5.11 Å². The van der Waals surface area contributed by atoms with Crippen molar-refractivity contribution in [2.24, 2.45) is 0 Å². The van der Waals surface area contributed by atoms with Crippen LogP contribution in [-0.2, 0) is 0 Å². The molecule has 0 bridgehead atoms. The Morgan fingerprint density at radius 3 is 2.67 bits per heavy atom. The van der Waals surface area contributed by atoms with Crippen molar-refractivity contribution in [1.29, 1.82) is 0 Å². The molecule has 0 aromatic carbocycles. The van der Waals surface area contributed by atoms with Gasteiger partial charge in [-0.1, -0.05) is 36.3 Å². The molecule has 0 aromatic heterocycles. The van der Waals surface area contributed by atoms with Crippen molar-refractivity contribution in [2.75, 3.05) is 0 Å². The monoisotopic (exact) mass is 162 g/mol. The predicted molar refractivity (Wildman–Crippen MR) is 52.6 cm³/mol. The summed E-state index contributed by atoms with van der Waals surface area (Å²) in [5.74, 6) is 2.25. The van der Waals surface area contributed by atoms with Gasteiger partial charge in [-0.2, -0.15) is 0 Å². The van der Waals surface area contributed by atoms with Gasteiger partial charge in [0.25, 0.3) is 0 Å². The van der Waals surface area contributed by atoms with Gasteiger partial charge in [-0.05, 0) is 19.9 Å². The lowest BCUT2D eigenvalue weighted by Gasteiger charge is -2.08. The van der Waals surface area contributed by atoms with Gasteiger partial charge in [0.2, 0.25) is 0 Å². The fraction of sp³-hybridized carbons (Fsp3) is 0.273. The van der Waals surface area contributed by atoms with Crippen LogP contribution < -0.4 is 0 Å². The van der Waals surface area contributed by atoms with E-state index in [2.05, 4.69) is 12.5 Å². The molecule has 0 amide bonds. The van der Waals surface area contributed by atoms with E-state index in [4.69, 9.17) is 6.42 Å². The van der Waals surface area contributed by atoms with Gasteiger partial charge in [-0.15, -0.1) is 6.42 Å². The van der Waals surface area contributed by atoms with Crippen LogP contribution in [0.4, 0.5) is 0 Å². The van der Waals surface area contributed by atoms with Crippen molar-refractivity contribution in [2.45, 2.75) is 19.4 Å². The van der Waals surface area contributed by atoms with Gasteiger partial charge in [0.15, 0.2) is 0 Å². The first-order valence-corrected chi connectivity index (χ1v) is 3.70. The summed E-state index contributed by atoms with van der Waals surface area (Å²) in [7, 11) is 0. The maximum absolute atomic E-state index is 9.33. The van der Waals surface area contributed by atoms with E-state index in [0.717, 1.165) is 5.57 Å². The number of hydrogen-bond donors (Lipinski definition) is 1.